The van der Waals surface area contributed by atoms with Gasteiger partial charge in [0.1, 0.15) is 0 Å². The minimum atomic E-state index is 1.05. The highest BCUT2D eigenvalue weighted by atomic mass is 79.9. The molecule has 0 amide bonds. The van der Waals surface area contributed by atoms with Gasteiger partial charge in [0.05, 0.1) is 0 Å². The van der Waals surface area contributed by atoms with Crippen molar-refractivity contribution in [1.29, 1.82) is 0 Å². The molecular formula is C10H18BrN. The van der Waals surface area contributed by atoms with E-state index in [-0.39, 0.29) is 0 Å². The van der Waals surface area contributed by atoms with E-state index in [1.54, 1.807) is 0 Å². The van der Waals surface area contributed by atoms with Crippen molar-refractivity contribution < 1.29 is 0 Å². The van der Waals surface area contributed by atoms with Crippen molar-refractivity contribution >= 4 is 15.9 Å². The van der Waals surface area contributed by atoms with Crippen LogP contribution in [0.2, 0.25) is 0 Å². The third-order valence-electron chi connectivity index (χ3n) is 3.45. The third-order valence-corrected chi connectivity index (χ3v) is 3.81. The molecule has 2 rings (SSSR count). The van der Waals surface area contributed by atoms with Gasteiger partial charge >= 0.3 is 0 Å². The zero-order valence-electron chi connectivity index (χ0n) is 7.64. The van der Waals surface area contributed by atoms with Crippen LogP contribution in [0.25, 0.3) is 0 Å². The summed E-state index contributed by atoms with van der Waals surface area (Å²) in [6.45, 7) is 4.03. The van der Waals surface area contributed by atoms with Crippen LogP contribution in [0.3, 0.4) is 0 Å². The molecule has 12 heavy (non-hydrogen) atoms. The van der Waals surface area contributed by atoms with E-state index in [2.05, 4.69) is 20.8 Å². The van der Waals surface area contributed by atoms with E-state index in [0.717, 1.165) is 17.2 Å². The molecule has 2 aliphatic rings. The molecule has 2 atom stereocenters. The molecule has 1 saturated carbocycles. The highest BCUT2D eigenvalue weighted by molar-refractivity contribution is 9.09. The van der Waals surface area contributed by atoms with Crippen LogP contribution >= 0.6 is 15.9 Å². The molecule has 70 valence electrons. The molecule has 1 aliphatic heterocycles. The SMILES string of the molecule is BrCCN1C[C@H]2CCCC[C@H]2C1. The molecule has 0 spiro atoms. The molecule has 0 bridgehead atoms. The summed E-state index contributed by atoms with van der Waals surface area (Å²) in [4.78, 5) is 2.63. The lowest BCUT2D eigenvalue weighted by Gasteiger charge is -2.23. The number of rotatable bonds is 2. The van der Waals surface area contributed by atoms with Gasteiger partial charge in [-0.15, -0.1) is 0 Å². The smallest absolute Gasteiger partial charge is 0.0159 e. The largest absolute Gasteiger partial charge is 0.302 e. The molecule has 0 N–H and O–H groups in total. The molecule has 0 aromatic carbocycles. The molecule has 2 fully saturated rings. The van der Waals surface area contributed by atoms with E-state index in [4.69, 9.17) is 0 Å². The monoisotopic (exact) mass is 231 g/mol. The lowest BCUT2D eigenvalue weighted by Crippen LogP contribution is -2.22. The lowest BCUT2D eigenvalue weighted by molar-refractivity contribution is 0.299. The highest BCUT2D eigenvalue weighted by Gasteiger charge is 2.33. The zero-order chi connectivity index (χ0) is 8.39. The first kappa shape index (κ1) is 9.01. The quantitative estimate of drug-likeness (QED) is 0.661. The van der Waals surface area contributed by atoms with E-state index >= 15 is 0 Å². The van der Waals surface area contributed by atoms with Gasteiger partial charge in [0, 0.05) is 25.0 Å². The lowest BCUT2D eigenvalue weighted by atomic mass is 9.82. The molecular weight excluding hydrogens is 214 g/mol. The Labute approximate surface area is 83.6 Å². The molecule has 0 radical (unpaired) electrons. The van der Waals surface area contributed by atoms with Crippen molar-refractivity contribution in [3.63, 3.8) is 0 Å². The summed E-state index contributed by atoms with van der Waals surface area (Å²) in [5.74, 6) is 2.11. The molecule has 0 unspecified atom stereocenters. The predicted molar refractivity (Wildman–Crippen MR) is 55.7 cm³/mol. The van der Waals surface area contributed by atoms with Gasteiger partial charge in [0.25, 0.3) is 0 Å². The van der Waals surface area contributed by atoms with E-state index < -0.39 is 0 Å². The van der Waals surface area contributed by atoms with Gasteiger partial charge in [-0.1, -0.05) is 28.8 Å². The Hall–Kier alpha value is 0.440. The van der Waals surface area contributed by atoms with Crippen molar-refractivity contribution in [2.75, 3.05) is 25.0 Å². The van der Waals surface area contributed by atoms with Crippen molar-refractivity contribution in [2.24, 2.45) is 11.8 Å². The summed E-state index contributed by atoms with van der Waals surface area (Å²) < 4.78 is 0. The molecule has 0 aromatic rings. The fraction of sp³-hybridized carbons (Fsp3) is 1.00. The Morgan fingerprint density at radius 2 is 1.67 bits per heavy atom. The first-order valence-corrected chi connectivity index (χ1v) is 6.30. The summed E-state index contributed by atoms with van der Waals surface area (Å²) in [6.07, 6.45) is 5.99. The summed E-state index contributed by atoms with van der Waals surface area (Å²) in [5.41, 5.74) is 0. The van der Waals surface area contributed by atoms with Crippen molar-refractivity contribution in [1.82, 2.24) is 4.90 Å². The normalized spacial score (nSPS) is 36.8. The van der Waals surface area contributed by atoms with Gasteiger partial charge in [0.15, 0.2) is 0 Å². The minimum absolute atomic E-state index is 1.05. The average molecular weight is 232 g/mol. The van der Waals surface area contributed by atoms with Gasteiger partial charge in [-0.25, -0.2) is 0 Å². The van der Waals surface area contributed by atoms with Crippen LogP contribution in [0.15, 0.2) is 0 Å². The number of nitrogens with zero attached hydrogens (tertiary/aromatic N) is 1. The maximum atomic E-state index is 3.52. The number of hydrogen-bond donors (Lipinski definition) is 0. The van der Waals surface area contributed by atoms with Gasteiger partial charge in [-0.2, -0.15) is 0 Å². The Morgan fingerprint density at radius 3 is 2.17 bits per heavy atom. The van der Waals surface area contributed by atoms with Crippen LogP contribution < -0.4 is 0 Å². The summed E-state index contributed by atoms with van der Waals surface area (Å²) >= 11 is 3.52. The first-order chi connectivity index (χ1) is 5.90. The van der Waals surface area contributed by atoms with Crippen molar-refractivity contribution in [3.8, 4) is 0 Å². The second-order valence-electron chi connectivity index (χ2n) is 4.25. The van der Waals surface area contributed by atoms with Gasteiger partial charge in [0.2, 0.25) is 0 Å². The summed E-state index contributed by atoms with van der Waals surface area (Å²) in [5, 5.41) is 1.15. The fourth-order valence-electron chi connectivity index (χ4n) is 2.81. The number of likely N-dealkylation sites (tertiary alicyclic amines) is 1. The van der Waals surface area contributed by atoms with E-state index in [0.29, 0.717) is 0 Å². The highest BCUT2D eigenvalue weighted by Crippen LogP contribution is 2.35. The molecule has 1 saturated heterocycles. The Morgan fingerprint density at radius 1 is 1.08 bits per heavy atom. The second kappa shape index (κ2) is 4.10. The number of fused-ring (bicyclic) bond motifs is 1. The van der Waals surface area contributed by atoms with Gasteiger partial charge < -0.3 is 4.90 Å². The zero-order valence-corrected chi connectivity index (χ0v) is 9.22. The summed E-state index contributed by atoms with van der Waals surface area (Å²) in [6, 6.07) is 0. The number of halogens is 1. The van der Waals surface area contributed by atoms with Crippen LogP contribution in [-0.2, 0) is 0 Å². The van der Waals surface area contributed by atoms with E-state index in [1.165, 1.54) is 45.3 Å². The topological polar surface area (TPSA) is 3.24 Å². The van der Waals surface area contributed by atoms with Gasteiger partial charge in [-0.05, 0) is 24.7 Å². The van der Waals surface area contributed by atoms with Crippen LogP contribution in [0.4, 0.5) is 0 Å². The third kappa shape index (κ3) is 1.85. The Bertz CT molecular complexity index is 135. The van der Waals surface area contributed by atoms with Crippen molar-refractivity contribution in [3.05, 3.63) is 0 Å². The standard InChI is InChI=1S/C10H18BrN/c11-5-6-12-7-9-3-1-2-4-10(9)8-12/h9-10H,1-8H2/t9-,10+. The van der Waals surface area contributed by atoms with Crippen LogP contribution in [0, 0.1) is 11.8 Å². The Balaban J connectivity index is 1.85. The van der Waals surface area contributed by atoms with E-state index in [9.17, 15) is 0 Å². The predicted octanol–water partition coefficient (Wildman–Crippen LogP) is 2.50. The van der Waals surface area contributed by atoms with Crippen LogP contribution in [-0.4, -0.2) is 29.9 Å². The number of hydrogen-bond acceptors (Lipinski definition) is 1. The Kier molecular flexibility index (Phi) is 3.08. The van der Waals surface area contributed by atoms with E-state index in [1.807, 2.05) is 0 Å². The van der Waals surface area contributed by atoms with Crippen LogP contribution in [0.1, 0.15) is 25.7 Å². The molecule has 2 heteroatoms. The molecule has 1 nitrogen and oxygen atoms in total. The maximum absolute atomic E-state index is 3.52. The number of alkyl halides is 1. The summed E-state index contributed by atoms with van der Waals surface area (Å²) in [7, 11) is 0. The van der Waals surface area contributed by atoms with Crippen molar-refractivity contribution in [2.45, 2.75) is 25.7 Å². The molecule has 0 aromatic heterocycles. The minimum Gasteiger partial charge on any atom is -0.302 e. The van der Waals surface area contributed by atoms with Gasteiger partial charge in [-0.3, -0.25) is 0 Å². The molecule has 1 heterocycles. The fourth-order valence-corrected chi connectivity index (χ4v) is 3.31. The maximum Gasteiger partial charge on any atom is 0.0159 e. The van der Waals surface area contributed by atoms with Crippen LogP contribution in [0.5, 0.6) is 0 Å². The molecule has 1 aliphatic carbocycles. The average Bonchev–Trinajstić information content (AvgIpc) is 2.47. The first-order valence-electron chi connectivity index (χ1n) is 5.18. The second-order valence-corrected chi connectivity index (χ2v) is 5.05.